The molecule has 1 heterocycles. The van der Waals surface area contributed by atoms with Crippen molar-refractivity contribution in [2.24, 2.45) is 5.92 Å². The van der Waals surface area contributed by atoms with Crippen molar-refractivity contribution in [2.75, 3.05) is 13.1 Å². The van der Waals surface area contributed by atoms with Crippen molar-refractivity contribution < 1.29 is 8.42 Å². The highest BCUT2D eigenvalue weighted by Gasteiger charge is 2.35. The van der Waals surface area contributed by atoms with Crippen LogP contribution in [-0.4, -0.2) is 31.1 Å². The average Bonchev–Trinajstić information content (AvgIpc) is 2.83. The van der Waals surface area contributed by atoms with Gasteiger partial charge < -0.3 is 0 Å². The summed E-state index contributed by atoms with van der Waals surface area (Å²) in [4.78, 5) is 0. The lowest BCUT2D eigenvalue weighted by Gasteiger charge is -2.30. The average molecular weight is 242 g/mol. The monoisotopic (exact) mass is 242 g/mol. The molecule has 0 aromatic rings. The quantitative estimate of drug-likeness (QED) is 0.737. The zero-order valence-corrected chi connectivity index (χ0v) is 10.2. The van der Waals surface area contributed by atoms with E-state index in [2.05, 4.69) is 6.07 Å². The highest BCUT2D eigenvalue weighted by atomic mass is 32.2. The lowest BCUT2D eigenvalue weighted by atomic mass is 10.0. The van der Waals surface area contributed by atoms with E-state index in [-0.39, 0.29) is 11.2 Å². The molecule has 0 atom stereocenters. The van der Waals surface area contributed by atoms with Crippen LogP contribution in [0.3, 0.4) is 0 Å². The van der Waals surface area contributed by atoms with E-state index < -0.39 is 10.0 Å². The Morgan fingerprint density at radius 3 is 2.12 bits per heavy atom. The summed E-state index contributed by atoms with van der Waals surface area (Å²) in [6, 6.07) is 2.22. The van der Waals surface area contributed by atoms with Crippen LogP contribution in [0.2, 0.25) is 0 Å². The van der Waals surface area contributed by atoms with Gasteiger partial charge in [0.05, 0.1) is 11.3 Å². The summed E-state index contributed by atoms with van der Waals surface area (Å²) < 4.78 is 26.1. The minimum atomic E-state index is -3.07. The lowest BCUT2D eigenvalue weighted by molar-refractivity contribution is 0.306. The highest BCUT2D eigenvalue weighted by molar-refractivity contribution is 7.89. The van der Waals surface area contributed by atoms with E-state index >= 15 is 0 Å². The summed E-state index contributed by atoms with van der Waals surface area (Å²) in [5.41, 5.74) is 0. The van der Waals surface area contributed by atoms with Crippen molar-refractivity contribution in [3.8, 4) is 6.07 Å². The van der Waals surface area contributed by atoms with Crippen LogP contribution < -0.4 is 0 Å². The van der Waals surface area contributed by atoms with E-state index in [9.17, 15) is 8.42 Å². The first-order valence-corrected chi connectivity index (χ1v) is 7.53. The van der Waals surface area contributed by atoms with Crippen molar-refractivity contribution in [1.82, 2.24) is 4.31 Å². The number of nitrogens with zero attached hydrogens (tertiary/aromatic N) is 2. The van der Waals surface area contributed by atoms with Gasteiger partial charge in [-0.3, -0.25) is 0 Å². The van der Waals surface area contributed by atoms with Crippen LogP contribution in [0.15, 0.2) is 0 Å². The van der Waals surface area contributed by atoms with Gasteiger partial charge in [0.2, 0.25) is 10.0 Å². The van der Waals surface area contributed by atoms with Gasteiger partial charge in [-0.2, -0.15) is 5.26 Å². The molecule has 16 heavy (non-hydrogen) atoms. The van der Waals surface area contributed by atoms with Crippen LogP contribution in [0.25, 0.3) is 0 Å². The smallest absolute Gasteiger partial charge is 0.212 e. The Morgan fingerprint density at radius 1 is 1.06 bits per heavy atom. The Bertz CT molecular complexity index is 371. The molecule has 1 aliphatic heterocycles. The van der Waals surface area contributed by atoms with E-state index in [1.807, 2.05) is 0 Å². The molecule has 2 rings (SSSR count). The minimum Gasteiger partial charge on any atom is -0.212 e. The Labute approximate surface area is 97.3 Å². The normalized spacial score (nSPS) is 25.7. The molecule has 4 nitrogen and oxygen atoms in total. The molecule has 0 amide bonds. The molecule has 0 unspecified atom stereocenters. The predicted molar refractivity (Wildman–Crippen MR) is 61.1 cm³/mol. The summed E-state index contributed by atoms with van der Waals surface area (Å²) in [7, 11) is -3.07. The van der Waals surface area contributed by atoms with E-state index in [1.54, 1.807) is 4.31 Å². The predicted octanol–water partition coefficient (Wildman–Crippen LogP) is 1.49. The fraction of sp³-hybridized carbons (Fsp3) is 0.909. The van der Waals surface area contributed by atoms with Crippen LogP contribution in [0.4, 0.5) is 0 Å². The molecule has 0 spiro atoms. The Kier molecular flexibility index (Phi) is 3.50. The second-order valence-electron chi connectivity index (χ2n) is 4.75. The largest absolute Gasteiger partial charge is 0.216 e. The maximum atomic E-state index is 12.2. The zero-order chi connectivity index (χ0) is 11.6. The summed E-state index contributed by atoms with van der Waals surface area (Å²) in [6.45, 7) is 1.08. The molecule has 1 saturated carbocycles. The van der Waals surface area contributed by atoms with Crippen LogP contribution in [0, 0.1) is 17.2 Å². The van der Waals surface area contributed by atoms with Crippen molar-refractivity contribution >= 4 is 10.0 Å². The van der Waals surface area contributed by atoms with Gasteiger partial charge in [-0.05, 0) is 25.7 Å². The summed E-state index contributed by atoms with van der Waals surface area (Å²) in [6.07, 6.45) is 5.11. The molecule has 2 fully saturated rings. The third kappa shape index (κ3) is 2.23. The van der Waals surface area contributed by atoms with Gasteiger partial charge in [-0.1, -0.05) is 12.8 Å². The zero-order valence-electron chi connectivity index (χ0n) is 9.43. The first kappa shape index (κ1) is 11.9. The molecule has 0 N–H and O–H groups in total. The Morgan fingerprint density at radius 2 is 1.62 bits per heavy atom. The fourth-order valence-electron chi connectivity index (χ4n) is 2.64. The van der Waals surface area contributed by atoms with E-state index in [0.717, 1.165) is 25.7 Å². The molecule has 0 aromatic carbocycles. The number of hydrogen-bond acceptors (Lipinski definition) is 3. The van der Waals surface area contributed by atoms with Crippen LogP contribution in [0.5, 0.6) is 0 Å². The second kappa shape index (κ2) is 4.72. The van der Waals surface area contributed by atoms with Crippen molar-refractivity contribution in [3.05, 3.63) is 0 Å². The standard InChI is InChI=1S/C11H18N2O2S/c12-9-10-5-7-13(8-6-10)16(14,15)11-3-1-2-4-11/h10-11H,1-8H2. The fourth-order valence-corrected chi connectivity index (χ4v) is 4.71. The van der Waals surface area contributed by atoms with Crippen molar-refractivity contribution in [2.45, 2.75) is 43.8 Å². The molecule has 1 saturated heterocycles. The van der Waals surface area contributed by atoms with Gasteiger partial charge in [0, 0.05) is 19.0 Å². The maximum absolute atomic E-state index is 12.2. The number of hydrogen-bond donors (Lipinski definition) is 0. The molecule has 0 radical (unpaired) electrons. The first-order valence-electron chi connectivity index (χ1n) is 6.03. The van der Waals surface area contributed by atoms with Crippen molar-refractivity contribution in [3.63, 3.8) is 0 Å². The van der Waals surface area contributed by atoms with Gasteiger partial charge in [0.1, 0.15) is 0 Å². The molecular weight excluding hydrogens is 224 g/mol. The first-order chi connectivity index (χ1) is 7.64. The number of piperidine rings is 1. The lowest BCUT2D eigenvalue weighted by Crippen LogP contribution is -2.42. The van der Waals surface area contributed by atoms with Crippen LogP contribution in [-0.2, 0) is 10.0 Å². The topological polar surface area (TPSA) is 61.2 Å². The number of sulfonamides is 1. The highest BCUT2D eigenvalue weighted by Crippen LogP contribution is 2.29. The van der Waals surface area contributed by atoms with Gasteiger partial charge in [0.15, 0.2) is 0 Å². The summed E-state index contributed by atoms with van der Waals surface area (Å²) in [5.74, 6) is 0.0510. The van der Waals surface area contributed by atoms with E-state index in [1.165, 1.54) is 0 Å². The van der Waals surface area contributed by atoms with Gasteiger partial charge in [0.25, 0.3) is 0 Å². The molecule has 90 valence electrons. The van der Waals surface area contributed by atoms with Gasteiger partial charge in [-0.25, -0.2) is 12.7 Å². The number of nitriles is 1. The maximum Gasteiger partial charge on any atom is 0.216 e. The van der Waals surface area contributed by atoms with Crippen LogP contribution in [0.1, 0.15) is 38.5 Å². The van der Waals surface area contributed by atoms with E-state index in [0.29, 0.717) is 25.9 Å². The summed E-state index contributed by atoms with van der Waals surface area (Å²) >= 11 is 0. The molecule has 0 aromatic heterocycles. The molecule has 2 aliphatic rings. The van der Waals surface area contributed by atoms with Gasteiger partial charge >= 0.3 is 0 Å². The van der Waals surface area contributed by atoms with Crippen molar-refractivity contribution in [1.29, 1.82) is 5.26 Å². The Balaban J connectivity index is 2.00. The van der Waals surface area contributed by atoms with Crippen LogP contribution >= 0.6 is 0 Å². The Hall–Kier alpha value is -0.600. The molecular formula is C11H18N2O2S. The number of rotatable bonds is 2. The van der Waals surface area contributed by atoms with Gasteiger partial charge in [-0.15, -0.1) is 0 Å². The third-order valence-corrected chi connectivity index (χ3v) is 6.12. The minimum absolute atomic E-state index is 0.0510. The molecule has 0 bridgehead atoms. The third-order valence-electron chi connectivity index (χ3n) is 3.72. The SMILES string of the molecule is N#CC1CCN(S(=O)(=O)C2CCCC2)CC1. The second-order valence-corrected chi connectivity index (χ2v) is 6.97. The summed E-state index contributed by atoms with van der Waals surface area (Å²) in [5, 5.41) is 8.63. The molecule has 1 aliphatic carbocycles. The van der Waals surface area contributed by atoms with E-state index in [4.69, 9.17) is 5.26 Å². The molecule has 5 heteroatoms.